The van der Waals surface area contributed by atoms with Gasteiger partial charge in [0.15, 0.2) is 5.13 Å². The van der Waals surface area contributed by atoms with E-state index in [9.17, 15) is 14.4 Å². The maximum Gasteiger partial charge on any atom is 0.261 e. The van der Waals surface area contributed by atoms with Gasteiger partial charge in [0.25, 0.3) is 11.8 Å². The summed E-state index contributed by atoms with van der Waals surface area (Å²) in [5.74, 6) is -0.813. The molecule has 2 heterocycles. The van der Waals surface area contributed by atoms with Crippen LogP contribution >= 0.6 is 11.3 Å². The Kier molecular flexibility index (Phi) is 4.78. The number of imide groups is 1. The molecule has 2 aromatic rings. The third-order valence-electron chi connectivity index (χ3n) is 5.39. The summed E-state index contributed by atoms with van der Waals surface area (Å²) in [5, 5.41) is 3.51. The highest BCUT2D eigenvalue weighted by molar-refractivity contribution is 7.15. The van der Waals surface area contributed by atoms with Gasteiger partial charge < -0.3 is 5.32 Å². The molecule has 1 N–H and O–H groups in total. The number of anilines is 1. The first-order valence-corrected chi connectivity index (χ1v) is 10.0. The fourth-order valence-corrected chi connectivity index (χ4v) is 4.69. The lowest BCUT2D eigenvalue weighted by atomic mass is 9.78. The van der Waals surface area contributed by atoms with Crippen molar-refractivity contribution in [1.82, 2.24) is 9.88 Å². The molecule has 1 aromatic carbocycles. The van der Waals surface area contributed by atoms with E-state index < -0.39 is 0 Å². The molecule has 0 radical (unpaired) electrons. The van der Waals surface area contributed by atoms with Crippen molar-refractivity contribution < 1.29 is 14.4 Å². The van der Waals surface area contributed by atoms with Gasteiger partial charge in [-0.15, -0.1) is 11.3 Å². The quantitative estimate of drug-likeness (QED) is 0.820. The molecule has 1 fully saturated rings. The van der Waals surface area contributed by atoms with E-state index in [-0.39, 0.29) is 29.6 Å². The third kappa shape index (κ3) is 3.39. The Morgan fingerprint density at radius 1 is 1.19 bits per heavy atom. The van der Waals surface area contributed by atoms with Crippen LogP contribution in [-0.2, 0) is 4.79 Å². The maximum absolute atomic E-state index is 12.8. The first kappa shape index (κ1) is 17.9. The molecule has 7 heteroatoms. The van der Waals surface area contributed by atoms with E-state index >= 15 is 0 Å². The topological polar surface area (TPSA) is 79.4 Å². The Bertz CT molecular complexity index is 872. The molecule has 27 heavy (non-hydrogen) atoms. The van der Waals surface area contributed by atoms with E-state index in [1.807, 2.05) is 6.92 Å². The van der Waals surface area contributed by atoms with E-state index in [1.54, 1.807) is 30.5 Å². The predicted molar refractivity (Wildman–Crippen MR) is 103 cm³/mol. The number of nitrogens with zero attached hydrogens (tertiary/aromatic N) is 2. The molecule has 1 aliphatic carbocycles. The van der Waals surface area contributed by atoms with Crippen LogP contribution in [0.5, 0.6) is 0 Å². The number of aryl methyl sites for hydroxylation is 1. The summed E-state index contributed by atoms with van der Waals surface area (Å²) in [7, 11) is 0. The van der Waals surface area contributed by atoms with Crippen LogP contribution in [0.3, 0.4) is 0 Å². The summed E-state index contributed by atoms with van der Waals surface area (Å²) >= 11 is 1.44. The van der Waals surface area contributed by atoms with Crippen molar-refractivity contribution in [2.24, 2.45) is 11.8 Å². The van der Waals surface area contributed by atoms with Crippen molar-refractivity contribution in [1.29, 1.82) is 0 Å². The van der Waals surface area contributed by atoms with Gasteiger partial charge >= 0.3 is 0 Å². The van der Waals surface area contributed by atoms with Gasteiger partial charge in [-0.3, -0.25) is 19.3 Å². The first-order chi connectivity index (χ1) is 13.0. The highest BCUT2D eigenvalue weighted by Crippen LogP contribution is 2.34. The maximum atomic E-state index is 12.8. The van der Waals surface area contributed by atoms with Crippen molar-refractivity contribution in [3.63, 3.8) is 0 Å². The summed E-state index contributed by atoms with van der Waals surface area (Å²) in [4.78, 5) is 44.7. The minimum atomic E-state index is -0.254. The predicted octanol–water partition coefficient (Wildman–Crippen LogP) is 3.49. The first-order valence-electron chi connectivity index (χ1n) is 9.23. The van der Waals surface area contributed by atoms with Gasteiger partial charge in [0.2, 0.25) is 5.91 Å². The number of thiazole rings is 1. The van der Waals surface area contributed by atoms with Crippen LogP contribution in [0.1, 0.15) is 51.3 Å². The highest BCUT2D eigenvalue weighted by Gasteiger charge is 2.40. The molecular formula is C20H21N3O3S. The van der Waals surface area contributed by atoms with Crippen molar-refractivity contribution >= 4 is 34.2 Å². The molecule has 1 aromatic heterocycles. The number of nitrogens with one attached hydrogen (secondary N) is 1. The number of carbonyl (C=O) groups excluding carboxylic acids is 3. The Morgan fingerprint density at radius 2 is 1.85 bits per heavy atom. The average molecular weight is 383 g/mol. The second kappa shape index (κ2) is 7.23. The molecule has 1 aliphatic heterocycles. The molecule has 1 saturated carbocycles. The van der Waals surface area contributed by atoms with Gasteiger partial charge in [-0.25, -0.2) is 4.98 Å². The van der Waals surface area contributed by atoms with Gasteiger partial charge in [0, 0.05) is 23.5 Å². The second-order valence-electron chi connectivity index (χ2n) is 7.18. The lowest BCUT2D eigenvalue weighted by molar-refractivity contribution is -0.122. The van der Waals surface area contributed by atoms with E-state index in [1.165, 1.54) is 16.2 Å². The van der Waals surface area contributed by atoms with Gasteiger partial charge in [0.05, 0.1) is 11.1 Å². The SMILES string of the molecule is Cc1cnc(NC(=O)C2CCCCC2CN2C(=O)c3ccccc3C2=O)s1. The Morgan fingerprint density at radius 3 is 2.48 bits per heavy atom. The van der Waals surface area contributed by atoms with Crippen LogP contribution in [0.2, 0.25) is 0 Å². The summed E-state index contributed by atoms with van der Waals surface area (Å²) in [6.07, 6.45) is 5.32. The number of aromatic nitrogens is 1. The van der Waals surface area contributed by atoms with E-state index in [4.69, 9.17) is 0 Å². The molecule has 0 saturated heterocycles. The molecule has 0 spiro atoms. The number of hydrogen-bond acceptors (Lipinski definition) is 5. The standard InChI is InChI=1S/C20H21N3O3S/c1-12-10-21-20(27-12)22-17(24)14-7-3-2-6-13(14)11-23-18(25)15-8-4-5-9-16(15)19(23)26/h4-5,8-10,13-14H,2-3,6-7,11H2,1H3,(H,21,22,24). The van der Waals surface area contributed by atoms with Crippen molar-refractivity contribution in [3.05, 3.63) is 46.5 Å². The normalized spacial score (nSPS) is 22.0. The summed E-state index contributed by atoms with van der Waals surface area (Å²) in [6, 6.07) is 6.90. The van der Waals surface area contributed by atoms with Crippen molar-refractivity contribution in [3.8, 4) is 0 Å². The second-order valence-corrected chi connectivity index (χ2v) is 8.42. The van der Waals surface area contributed by atoms with Gasteiger partial charge in [0.1, 0.15) is 0 Å². The lowest BCUT2D eigenvalue weighted by Gasteiger charge is -2.32. The van der Waals surface area contributed by atoms with Gasteiger partial charge in [-0.05, 0) is 37.8 Å². The monoisotopic (exact) mass is 383 g/mol. The number of fused-ring (bicyclic) bond motifs is 1. The zero-order valence-electron chi connectivity index (χ0n) is 15.1. The molecule has 2 unspecified atom stereocenters. The van der Waals surface area contributed by atoms with E-state index in [0.717, 1.165) is 30.6 Å². The molecule has 0 bridgehead atoms. The van der Waals surface area contributed by atoms with Crippen LogP contribution < -0.4 is 5.32 Å². The van der Waals surface area contributed by atoms with E-state index in [0.29, 0.717) is 22.8 Å². The van der Waals surface area contributed by atoms with E-state index in [2.05, 4.69) is 10.3 Å². The summed E-state index contributed by atoms with van der Waals surface area (Å²) in [6.45, 7) is 2.24. The number of rotatable bonds is 4. The molecule has 2 aliphatic rings. The van der Waals surface area contributed by atoms with Gasteiger partial charge in [-0.2, -0.15) is 0 Å². The summed E-state index contributed by atoms with van der Waals surface area (Å²) in [5.41, 5.74) is 0.912. The lowest BCUT2D eigenvalue weighted by Crippen LogP contribution is -2.41. The van der Waals surface area contributed by atoms with Crippen LogP contribution in [0.25, 0.3) is 0 Å². The minimum absolute atomic E-state index is 0.0259. The smallest absolute Gasteiger partial charge is 0.261 e. The highest BCUT2D eigenvalue weighted by atomic mass is 32.1. The van der Waals surface area contributed by atoms with Crippen LogP contribution in [0.4, 0.5) is 5.13 Å². The Hall–Kier alpha value is -2.54. The average Bonchev–Trinajstić information content (AvgIpc) is 3.19. The largest absolute Gasteiger partial charge is 0.302 e. The zero-order valence-corrected chi connectivity index (χ0v) is 15.9. The number of amides is 3. The molecule has 4 rings (SSSR count). The van der Waals surface area contributed by atoms with Crippen LogP contribution in [0.15, 0.2) is 30.5 Å². The fraction of sp³-hybridized carbons (Fsp3) is 0.400. The number of carbonyl (C=O) groups is 3. The number of hydrogen-bond donors (Lipinski definition) is 1. The molecule has 6 nitrogen and oxygen atoms in total. The van der Waals surface area contributed by atoms with Gasteiger partial charge in [-0.1, -0.05) is 25.0 Å². The van der Waals surface area contributed by atoms with Crippen molar-refractivity contribution in [2.75, 3.05) is 11.9 Å². The molecular weight excluding hydrogens is 362 g/mol. The molecule has 3 amide bonds. The fourth-order valence-electron chi connectivity index (χ4n) is 4.02. The minimum Gasteiger partial charge on any atom is -0.302 e. The van der Waals surface area contributed by atoms with Crippen LogP contribution in [0, 0.1) is 18.8 Å². The Labute approximate surface area is 161 Å². The number of benzene rings is 1. The molecule has 140 valence electrons. The molecule has 2 atom stereocenters. The third-order valence-corrected chi connectivity index (χ3v) is 6.22. The summed E-state index contributed by atoms with van der Waals surface area (Å²) < 4.78 is 0. The van der Waals surface area contributed by atoms with Crippen molar-refractivity contribution in [2.45, 2.75) is 32.6 Å². The zero-order chi connectivity index (χ0) is 19.0. The Balaban J connectivity index is 1.49. The van der Waals surface area contributed by atoms with Crippen LogP contribution in [-0.4, -0.2) is 34.2 Å².